The number of rotatable bonds is 2. The second-order valence-electron chi connectivity index (χ2n) is 5.28. The van der Waals surface area contributed by atoms with Gasteiger partial charge in [0.15, 0.2) is 5.82 Å². The van der Waals surface area contributed by atoms with E-state index in [1.807, 2.05) is 24.3 Å². The van der Waals surface area contributed by atoms with Crippen molar-refractivity contribution in [3.05, 3.63) is 54.1 Å². The van der Waals surface area contributed by atoms with Gasteiger partial charge in [-0.2, -0.15) is 0 Å². The van der Waals surface area contributed by atoms with Crippen LogP contribution >= 0.6 is 0 Å². The highest BCUT2D eigenvalue weighted by molar-refractivity contribution is 5.98. The summed E-state index contributed by atoms with van der Waals surface area (Å²) in [6.07, 6.45) is 0. The minimum atomic E-state index is 0.0109. The Morgan fingerprint density at radius 3 is 2.78 bits per heavy atom. The molecule has 2 heterocycles. The molecule has 0 amide bonds. The topological polar surface area (TPSA) is 112 Å². The smallest absolute Gasteiger partial charge is 0.157 e. The Kier molecular flexibility index (Phi) is 2.77. The van der Waals surface area contributed by atoms with Crippen molar-refractivity contribution >= 4 is 27.8 Å². The summed E-state index contributed by atoms with van der Waals surface area (Å²) in [5.41, 5.74) is 8.87. The van der Waals surface area contributed by atoms with Crippen LogP contribution in [0.4, 0.5) is 0 Å². The van der Waals surface area contributed by atoms with Gasteiger partial charge >= 0.3 is 0 Å². The monoisotopic (exact) mass is 303 g/mol. The predicted molar refractivity (Wildman–Crippen MR) is 89.5 cm³/mol. The molecule has 0 saturated carbocycles. The number of H-pyrrole nitrogens is 1. The van der Waals surface area contributed by atoms with Gasteiger partial charge < -0.3 is 15.8 Å². The summed E-state index contributed by atoms with van der Waals surface area (Å²) < 4.78 is 0. The van der Waals surface area contributed by atoms with Crippen LogP contribution in [-0.2, 0) is 0 Å². The SMILES string of the molecule is N=C(N)c1ccc2nc(-c3ccc4cccc(O)c4n3)[nH]c2c1. The summed E-state index contributed by atoms with van der Waals surface area (Å²) in [6, 6.07) is 14.4. The fourth-order valence-corrected chi connectivity index (χ4v) is 2.56. The van der Waals surface area contributed by atoms with E-state index < -0.39 is 0 Å². The van der Waals surface area contributed by atoms with E-state index in [9.17, 15) is 5.11 Å². The van der Waals surface area contributed by atoms with Crippen LogP contribution in [0.5, 0.6) is 5.75 Å². The molecule has 6 heteroatoms. The Morgan fingerprint density at radius 1 is 1.09 bits per heavy atom. The number of fused-ring (bicyclic) bond motifs is 2. The van der Waals surface area contributed by atoms with Crippen LogP contribution in [0.2, 0.25) is 0 Å². The van der Waals surface area contributed by atoms with Crippen molar-refractivity contribution in [1.82, 2.24) is 15.0 Å². The number of nitrogens with two attached hydrogens (primary N) is 1. The standard InChI is InChI=1S/C17H13N5O/c18-16(19)10-5-6-11-13(8-10)22-17(21-11)12-7-4-9-2-1-3-14(23)15(9)20-12/h1-8,23H,(H3,18,19)(H,21,22). The molecule has 0 unspecified atom stereocenters. The van der Waals surface area contributed by atoms with Gasteiger partial charge in [0.1, 0.15) is 22.8 Å². The zero-order chi connectivity index (χ0) is 16.0. The van der Waals surface area contributed by atoms with Crippen LogP contribution in [-0.4, -0.2) is 25.9 Å². The number of nitrogens with zero attached hydrogens (tertiary/aromatic N) is 2. The van der Waals surface area contributed by atoms with Crippen molar-refractivity contribution in [1.29, 1.82) is 5.41 Å². The van der Waals surface area contributed by atoms with Crippen molar-refractivity contribution in [2.75, 3.05) is 0 Å². The molecule has 6 nitrogen and oxygen atoms in total. The van der Waals surface area contributed by atoms with Crippen LogP contribution in [0.15, 0.2) is 48.5 Å². The largest absolute Gasteiger partial charge is 0.506 e. The van der Waals surface area contributed by atoms with Crippen LogP contribution in [0.3, 0.4) is 0 Å². The zero-order valence-electron chi connectivity index (χ0n) is 12.0. The number of aromatic nitrogens is 3. The molecule has 0 bridgehead atoms. The lowest BCUT2D eigenvalue weighted by Crippen LogP contribution is -2.10. The Hall–Kier alpha value is -3.41. The van der Waals surface area contributed by atoms with E-state index in [-0.39, 0.29) is 11.6 Å². The first-order chi connectivity index (χ1) is 11.1. The molecule has 4 aromatic rings. The number of aromatic hydroxyl groups is 1. The Balaban J connectivity index is 1.88. The lowest BCUT2D eigenvalue weighted by molar-refractivity contribution is 0.480. The van der Waals surface area contributed by atoms with Gasteiger partial charge in [-0.3, -0.25) is 5.41 Å². The van der Waals surface area contributed by atoms with E-state index in [1.165, 1.54) is 0 Å². The van der Waals surface area contributed by atoms with Crippen LogP contribution in [0.25, 0.3) is 33.5 Å². The third-order valence-corrected chi connectivity index (χ3v) is 3.73. The minimum Gasteiger partial charge on any atom is -0.506 e. The maximum Gasteiger partial charge on any atom is 0.157 e. The molecule has 0 spiro atoms. The maximum absolute atomic E-state index is 9.95. The van der Waals surface area contributed by atoms with Crippen molar-refractivity contribution in [2.45, 2.75) is 0 Å². The molecule has 0 atom stereocenters. The van der Waals surface area contributed by atoms with E-state index in [0.717, 1.165) is 16.4 Å². The molecule has 0 aliphatic carbocycles. The van der Waals surface area contributed by atoms with Gasteiger partial charge in [-0.05, 0) is 30.3 Å². The highest BCUT2D eigenvalue weighted by Crippen LogP contribution is 2.26. The van der Waals surface area contributed by atoms with Crippen molar-refractivity contribution in [3.8, 4) is 17.3 Å². The quantitative estimate of drug-likeness (QED) is 0.337. The fourth-order valence-electron chi connectivity index (χ4n) is 2.56. The number of phenolic OH excluding ortho intramolecular Hbond substituents is 1. The number of aromatic amines is 1. The first kappa shape index (κ1) is 13.3. The zero-order valence-corrected chi connectivity index (χ0v) is 12.0. The van der Waals surface area contributed by atoms with E-state index in [1.54, 1.807) is 24.3 Å². The molecule has 0 saturated heterocycles. The molecular formula is C17H13N5O. The summed E-state index contributed by atoms with van der Waals surface area (Å²) in [6.45, 7) is 0. The van der Waals surface area contributed by atoms with Gasteiger partial charge in [0.05, 0.1) is 11.0 Å². The summed E-state index contributed by atoms with van der Waals surface area (Å²) in [5, 5.41) is 18.3. The number of pyridine rings is 1. The molecule has 23 heavy (non-hydrogen) atoms. The summed E-state index contributed by atoms with van der Waals surface area (Å²) in [7, 11) is 0. The third-order valence-electron chi connectivity index (χ3n) is 3.73. The normalized spacial score (nSPS) is 11.1. The number of benzene rings is 2. The number of para-hydroxylation sites is 1. The number of phenols is 1. The van der Waals surface area contributed by atoms with Crippen LogP contribution in [0, 0.1) is 5.41 Å². The highest BCUT2D eigenvalue weighted by Gasteiger charge is 2.10. The highest BCUT2D eigenvalue weighted by atomic mass is 16.3. The predicted octanol–water partition coefficient (Wildman–Crippen LogP) is 2.77. The first-order valence-electron chi connectivity index (χ1n) is 7.05. The molecule has 5 N–H and O–H groups in total. The van der Waals surface area contributed by atoms with Gasteiger partial charge in [-0.15, -0.1) is 0 Å². The van der Waals surface area contributed by atoms with Crippen molar-refractivity contribution in [2.24, 2.45) is 5.73 Å². The molecule has 0 radical (unpaired) electrons. The summed E-state index contributed by atoms with van der Waals surface area (Å²) in [4.78, 5) is 12.2. The van der Waals surface area contributed by atoms with E-state index >= 15 is 0 Å². The second kappa shape index (κ2) is 4.81. The molecule has 2 aromatic carbocycles. The van der Waals surface area contributed by atoms with Crippen molar-refractivity contribution in [3.63, 3.8) is 0 Å². The molecule has 4 rings (SSSR count). The van der Waals surface area contributed by atoms with Crippen LogP contribution < -0.4 is 5.73 Å². The van der Waals surface area contributed by atoms with Gasteiger partial charge in [0, 0.05) is 10.9 Å². The van der Waals surface area contributed by atoms with E-state index in [4.69, 9.17) is 11.1 Å². The second-order valence-corrected chi connectivity index (χ2v) is 5.28. The van der Waals surface area contributed by atoms with Gasteiger partial charge in [0.25, 0.3) is 0 Å². The molecule has 0 aliphatic heterocycles. The Morgan fingerprint density at radius 2 is 1.96 bits per heavy atom. The first-order valence-corrected chi connectivity index (χ1v) is 7.05. The Labute approximate surface area is 131 Å². The summed E-state index contributed by atoms with van der Waals surface area (Å²) in [5.74, 6) is 0.752. The lowest BCUT2D eigenvalue weighted by Gasteiger charge is -2.02. The van der Waals surface area contributed by atoms with E-state index in [0.29, 0.717) is 22.6 Å². The number of imidazole rings is 1. The van der Waals surface area contributed by atoms with Crippen LogP contribution in [0.1, 0.15) is 5.56 Å². The molecule has 2 aromatic heterocycles. The lowest BCUT2D eigenvalue weighted by atomic mass is 10.2. The van der Waals surface area contributed by atoms with Gasteiger partial charge in [0.2, 0.25) is 0 Å². The molecule has 0 fully saturated rings. The van der Waals surface area contributed by atoms with Gasteiger partial charge in [-0.25, -0.2) is 9.97 Å². The average molecular weight is 303 g/mol. The number of nitrogens with one attached hydrogen (secondary N) is 2. The summed E-state index contributed by atoms with van der Waals surface area (Å²) >= 11 is 0. The molecular weight excluding hydrogens is 290 g/mol. The Bertz CT molecular complexity index is 1070. The minimum absolute atomic E-state index is 0.0109. The maximum atomic E-state index is 9.95. The van der Waals surface area contributed by atoms with Gasteiger partial charge in [-0.1, -0.05) is 18.2 Å². The van der Waals surface area contributed by atoms with Crippen molar-refractivity contribution < 1.29 is 5.11 Å². The third kappa shape index (κ3) is 2.17. The van der Waals surface area contributed by atoms with E-state index in [2.05, 4.69) is 15.0 Å². The molecule has 0 aliphatic rings. The number of hydrogen-bond acceptors (Lipinski definition) is 4. The number of nitrogen functional groups attached to an aromatic ring is 1. The average Bonchev–Trinajstić information content (AvgIpc) is 2.98. The number of amidine groups is 1. The number of hydrogen-bond donors (Lipinski definition) is 4. The fraction of sp³-hybridized carbons (Fsp3) is 0. The molecule has 112 valence electrons.